The lowest BCUT2D eigenvalue weighted by atomic mass is 10.1. The summed E-state index contributed by atoms with van der Waals surface area (Å²) < 4.78 is 38.1. The molecule has 238 valence electrons. The van der Waals surface area contributed by atoms with Gasteiger partial charge in [0.1, 0.15) is 23.8 Å². The molecule has 0 radical (unpaired) electrons. The van der Waals surface area contributed by atoms with Crippen LogP contribution in [0.5, 0.6) is 0 Å². The Bertz CT molecular complexity index is 1200. The van der Waals surface area contributed by atoms with E-state index in [2.05, 4.69) is 91.1 Å². The lowest BCUT2D eigenvalue weighted by molar-refractivity contribution is -0.0565. The molecule has 4 rings (SSSR count). The summed E-state index contributed by atoms with van der Waals surface area (Å²) in [6.07, 6.45) is -0.0251. The smallest absolute Gasteiger partial charge is 0.335 e. The number of nitrogens with two attached hydrogens (primary N) is 1. The molecule has 0 unspecified atom stereocenters. The van der Waals surface area contributed by atoms with Crippen LogP contribution in [0.1, 0.15) is 82.4 Å². The fraction of sp³-hybridized carbons (Fsp3) is 0.821. The Morgan fingerprint density at radius 3 is 2.07 bits per heavy atom. The third kappa shape index (κ3) is 5.78. The molecule has 42 heavy (non-hydrogen) atoms. The van der Waals surface area contributed by atoms with E-state index in [1.807, 2.05) is 4.57 Å². The van der Waals surface area contributed by atoms with Crippen LogP contribution in [0.4, 0.5) is 5.82 Å². The molecule has 2 N–H and O–H groups in total. The molecule has 2 aliphatic rings. The van der Waals surface area contributed by atoms with Gasteiger partial charge >= 0.3 is 17.1 Å². The van der Waals surface area contributed by atoms with Crippen molar-refractivity contribution in [2.24, 2.45) is 0 Å². The van der Waals surface area contributed by atoms with Crippen molar-refractivity contribution >= 4 is 54.0 Å². The van der Waals surface area contributed by atoms with Crippen LogP contribution in [0, 0.1) is 0 Å². The van der Waals surface area contributed by atoms with E-state index in [1.165, 1.54) is 0 Å². The Balaban J connectivity index is 1.91. The third-order valence-corrected chi connectivity index (χ3v) is 24.7. The molecule has 4 atom stereocenters. The third-order valence-electron chi connectivity index (χ3n) is 9.63. The first kappa shape index (κ1) is 34.0. The number of anilines is 1. The van der Waals surface area contributed by atoms with Crippen molar-refractivity contribution in [3.8, 4) is 0 Å². The average Bonchev–Trinajstić information content (AvgIpc) is 3.47. The lowest BCUT2D eigenvalue weighted by Crippen LogP contribution is -2.66. The molecule has 10 nitrogen and oxygen atoms in total. The second-order valence-electron chi connectivity index (χ2n) is 13.2. The number of imidazole rings is 1. The van der Waals surface area contributed by atoms with Gasteiger partial charge in [0.05, 0.1) is 12.9 Å². The van der Waals surface area contributed by atoms with Crippen molar-refractivity contribution in [2.75, 3.05) is 12.3 Å². The number of nitrogen functional groups attached to an aromatic ring is 1. The van der Waals surface area contributed by atoms with Crippen LogP contribution in [0.3, 0.4) is 0 Å². The molecule has 0 aromatic carbocycles. The van der Waals surface area contributed by atoms with Gasteiger partial charge in [-0.05, 0) is 51.9 Å². The molecule has 0 amide bonds. The molecular weight excluding hydrogens is 606 g/mol. The molecule has 0 spiro atoms. The molecule has 2 aromatic rings. The minimum absolute atomic E-state index is 0.0614. The van der Waals surface area contributed by atoms with E-state index < -0.39 is 37.8 Å². The van der Waals surface area contributed by atoms with E-state index in [0.717, 1.165) is 18.1 Å². The minimum Gasteiger partial charge on any atom is -0.414 e. The first-order valence-electron chi connectivity index (χ1n) is 15.7. The summed E-state index contributed by atoms with van der Waals surface area (Å²) in [5.41, 5.74) is 8.05. The van der Waals surface area contributed by atoms with Crippen LogP contribution >= 0.6 is 11.6 Å². The van der Waals surface area contributed by atoms with Crippen molar-refractivity contribution in [3.63, 3.8) is 0 Å². The van der Waals surface area contributed by atoms with Gasteiger partial charge < -0.3 is 27.9 Å². The van der Waals surface area contributed by atoms with Gasteiger partial charge in [-0.25, -0.2) is 4.98 Å². The standard InChI is InChI=1S/C28H52ClN5O5Si3/c1-12-40(13-2,14-3)37-24-23-21(36-27(24)34-16-31-22-25(30)32-28(29)33-26(22)34)15-35-41(17(4)5,18(6)7)39-42(38-23,19(8)9)20(10)11/h16-21,23-24,27H,12-15H2,1-11H3,(H2,30,32,33)/t21-,23-,24-,27-/m1/s1. The maximum atomic E-state index is 7.49. The van der Waals surface area contributed by atoms with Crippen molar-refractivity contribution in [1.29, 1.82) is 0 Å². The fourth-order valence-corrected chi connectivity index (χ4v) is 21.1. The molecular formula is C28H52ClN5O5Si3. The average molecular weight is 658 g/mol. The van der Waals surface area contributed by atoms with Crippen LogP contribution in [0.2, 0.25) is 45.6 Å². The van der Waals surface area contributed by atoms with E-state index in [-0.39, 0.29) is 45.5 Å². The van der Waals surface area contributed by atoms with E-state index in [1.54, 1.807) is 6.33 Å². The largest absolute Gasteiger partial charge is 0.414 e. The normalized spacial score (nSPS) is 26.4. The highest BCUT2D eigenvalue weighted by Gasteiger charge is 2.62. The van der Waals surface area contributed by atoms with Crippen LogP contribution < -0.4 is 5.73 Å². The maximum absolute atomic E-state index is 7.49. The first-order valence-corrected chi connectivity index (χ1v) is 22.6. The van der Waals surface area contributed by atoms with Gasteiger partial charge in [-0.15, -0.1) is 0 Å². The summed E-state index contributed by atoms with van der Waals surface area (Å²) in [6.45, 7) is 24.9. The minimum atomic E-state index is -2.90. The number of halogens is 1. The molecule has 14 heteroatoms. The van der Waals surface area contributed by atoms with Crippen molar-refractivity contribution in [2.45, 2.75) is 141 Å². The maximum Gasteiger partial charge on any atom is 0.335 e. The SMILES string of the molecule is CC[Si](CC)(CC)O[C@@H]1[C@@H]2O[Si](C(C)C)(C(C)C)O[Si](C(C)C)(C(C)C)OC[C@H]2O[C@H]1n1cnc2c(N)nc(Cl)nc21. The highest BCUT2D eigenvalue weighted by Crippen LogP contribution is 2.49. The topological polar surface area (TPSA) is 116 Å². The second-order valence-corrected chi connectivity index (χ2v) is 27.1. The number of aromatic nitrogens is 4. The van der Waals surface area contributed by atoms with Crippen molar-refractivity contribution < 1.29 is 22.1 Å². The van der Waals surface area contributed by atoms with Gasteiger partial charge in [0, 0.05) is 0 Å². The van der Waals surface area contributed by atoms with Gasteiger partial charge in [-0.2, -0.15) is 9.97 Å². The Labute approximate surface area is 260 Å². The van der Waals surface area contributed by atoms with Crippen LogP contribution in [0.15, 0.2) is 6.33 Å². The number of ether oxygens (including phenoxy) is 1. The molecule has 2 aliphatic heterocycles. The zero-order valence-electron chi connectivity index (χ0n) is 27.3. The van der Waals surface area contributed by atoms with Gasteiger partial charge in [0.25, 0.3) is 0 Å². The van der Waals surface area contributed by atoms with Gasteiger partial charge in [-0.3, -0.25) is 4.57 Å². The van der Waals surface area contributed by atoms with E-state index in [9.17, 15) is 0 Å². The molecule has 2 aromatic heterocycles. The van der Waals surface area contributed by atoms with Crippen LogP contribution in [0.25, 0.3) is 11.2 Å². The van der Waals surface area contributed by atoms with Crippen LogP contribution in [-0.2, 0) is 22.1 Å². The Kier molecular flexibility index (Phi) is 10.4. The molecule has 2 fully saturated rings. The molecule has 0 saturated carbocycles. The molecule has 0 aliphatic carbocycles. The van der Waals surface area contributed by atoms with Gasteiger partial charge in [-0.1, -0.05) is 76.2 Å². The monoisotopic (exact) mass is 657 g/mol. The predicted octanol–water partition coefficient (Wildman–Crippen LogP) is 7.31. The van der Waals surface area contributed by atoms with Gasteiger partial charge in [0.15, 0.2) is 26.0 Å². The number of nitrogens with zero attached hydrogens (tertiary/aromatic N) is 4. The summed E-state index contributed by atoms with van der Waals surface area (Å²) in [4.78, 5) is 13.2. The number of fused-ring (bicyclic) bond motifs is 2. The summed E-state index contributed by atoms with van der Waals surface area (Å²) in [5.74, 6) is 0.230. The van der Waals surface area contributed by atoms with E-state index in [0.29, 0.717) is 17.8 Å². The van der Waals surface area contributed by atoms with E-state index in [4.69, 9.17) is 39.5 Å². The molecule has 2 saturated heterocycles. The zero-order chi connectivity index (χ0) is 31.2. The first-order chi connectivity index (χ1) is 19.7. The highest BCUT2D eigenvalue weighted by atomic mass is 35.5. The lowest BCUT2D eigenvalue weighted by Gasteiger charge is -2.51. The Morgan fingerprint density at radius 2 is 1.55 bits per heavy atom. The van der Waals surface area contributed by atoms with Gasteiger partial charge in [0.2, 0.25) is 5.28 Å². The summed E-state index contributed by atoms with van der Waals surface area (Å²) in [6, 6.07) is 2.98. The summed E-state index contributed by atoms with van der Waals surface area (Å²) in [5, 5.41) is 0.0614. The number of hydrogen-bond acceptors (Lipinski definition) is 9. The van der Waals surface area contributed by atoms with Crippen LogP contribution in [-0.4, -0.2) is 69.9 Å². The fourth-order valence-electron chi connectivity index (χ4n) is 6.86. The highest BCUT2D eigenvalue weighted by molar-refractivity contribution is 6.84. The van der Waals surface area contributed by atoms with Crippen molar-refractivity contribution in [1.82, 2.24) is 19.5 Å². The Hall–Kier alpha value is -0.909. The second kappa shape index (κ2) is 12.8. The summed E-state index contributed by atoms with van der Waals surface area (Å²) in [7, 11) is -7.76. The number of hydrogen-bond donors (Lipinski definition) is 1. The molecule has 0 bridgehead atoms. The van der Waals surface area contributed by atoms with E-state index >= 15 is 0 Å². The van der Waals surface area contributed by atoms with Crippen molar-refractivity contribution in [3.05, 3.63) is 11.6 Å². The quantitative estimate of drug-likeness (QED) is 0.207. The number of rotatable bonds is 10. The zero-order valence-corrected chi connectivity index (χ0v) is 31.1. The predicted molar refractivity (Wildman–Crippen MR) is 175 cm³/mol. The molecule has 4 heterocycles. The Morgan fingerprint density at radius 1 is 0.976 bits per heavy atom. The summed E-state index contributed by atoms with van der Waals surface area (Å²) >= 11 is 6.27.